The van der Waals surface area contributed by atoms with Crippen molar-refractivity contribution in [3.05, 3.63) is 35.0 Å². The van der Waals surface area contributed by atoms with Crippen LogP contribution in [0.5, 0.6) is 0 Å². The van der Waals surface area contributed by atoms with Crippen LogP contribution < -0.4 is 0 Å². The van der Waals surface area contributed by atoms with Crippen molar-refractivity contribution >= 4 is 38.1 Å². The standard InChI is InChI=1S/C12H12ClNO3S/c1-14-6-10(12(15)7-18(2,16)17)9-4-3-8(13)5-11(9)14/h3-6H,7H2,1-2H3. The van der Waals surface area contributed by atoms with E-state index in [1.165, 1.54) is 0 Å². The zero-order valence-corrected chi connectivity index (χ0v) is 11.5. The van der Waals surface area contributed by atoms with E-state index in [1.54, 1.807) is 36.0 Å². The molecule has 0 aliphatic heterocycles. The summed E-state index contributed by atoms with van der Waals surface area (Å²) in [7, 11) is -1.54. The second-order valence-electron chi connectivity index (χ2n) is 4.31. The van der Waals surface area contributed by atoms with Gasteiger partial charge in [0.05, 0.1) is 0 Å². The Kier molecular flexibility index (Phi) is 3.21. The minimum atomic E-state index is -3.32. The third-order valence-electron chi connectivity index (χ3n) is 2.65. The van der Waals surface area contributed by atoms with Crippen LogP contribution in [0, 0.1) is 0 Å². The molecule has 4 nitrogen and oxygen atoms in total. The smallest absolute Gasteiger partial charge is 0.180 e. The first-order chi connectivity index (χ1) is 8.28. The molecule has 2 rings (SSSR count). The molecule has 0 amide bonds. The Morgan fingerprint density at radius 2 is 2.06 bits per heavy atom. The number of hydrogen-bond acceptors (Lipinski definition) is 3. The van der Waals surface area contributed by atoms with Crippen LogP contribution in [0.2, 0.25) is 5.02 Å². The van der Waals surface area contributed by atoms with E-state index in [0.717, 1.165) is 17.2 Å². The predicted molar refractivity (Wildman–Crippen MR) is 72.0 cm³/mol. The van der Waals surface area contributed by atoms with Gasteiger partial charge >= 0.3 is 0 Å². The average Bonchev–Trinajstić information content (AvgIpc) is 2.54. The number of benzene rings is 1. The molecule has 1 heterocycles. The van der Waals surface area contributed by atoms with Gasteiger partial charge < -0.3 is 4.57 Å². The lowest BCUT2D eigenvalue weighted by atomic mass is 10.1. The number of nitrogens with zero attached hydrogens (tertiary/aromatic N) is 1. The van der Waals surface area contributed by atoms with Crippen LogP contribution in [0.3, 0.4) is 0 Å². The first-order valence-electron chi connectivity index (χ1n) is 5.23. The first-order valence-corrected chi connectivity index (χ1v) is 7.67. The second kappa shape index (κ2) is 4.40. The van der Waals surface area contributed by atoms with Crippen molar-refractivity contribution in [3.63, 3.8) is 0 Å². The van der Waals surface area contributed by atoms with E-state index in [-0.39, 0.29) is 0 Å². The summed E-state index contributed by atoms with van der Waals surface area (Å²) in [5.41, 5.74) is 1.22. The van der Waals surface area contributed by atoms with Gasteiger partial charge in [-0.25, -0.2) is 8.42 Å². The van der Waals surface area contributed by atoms with Crippen LogP contribution in [0.15, 0.2) is 24.4 Å². The summed E-state index contributed by atoms with van der Waals surface area (Å²) in [6.45, 7) is 0. The Morgan fingerprint density at radius 1 is 1.39 bits per heavy atom. The van der Waals surface area contributed by atoms with Crippen LogP contribution in [0.4, 0.5) is 0 Å². The van der Waals surface area contributed by atoms with Crippen molar-refractivity contribution < 1.29 is 13.2 Å². The number of hydrogen-bond donors (Lipinski definition) is 0. The lowest BCUT2D eigenvalue weighted by Crippen LogP contribution is -2.14. The number of aromatic nitrogens is 1. The van der Waals surface area contributed by atoms with Crippen molar-refractivity contribution in [2.45, 2.75) is 0 Å². The molecule has 0 bridgehead atoms. The fourth-order valence-corrected chi connectivity index (χ4v) is 2.69. The summed E-state index contributed by atoms with van der Waals surface area (Å²) in [4.78, 5) is 11.9. The molecule has 18 heavy (non-hydrogen) atoms. The molecular formula is C12H12ClNO3S. The van der Waals surface area contributed by atoms with Gasteiger partial charge in [-0.15, -0.1) is 0 Å². The zero-order chi connectivity index (χ0) is 13.5. The summed E-state index contributed by atoms with van der Waals surface area (Å²) < 4.78 is 24.1. The van der Waals surface area contributed by atoms with E-state index in [9.17, 15) is 13.2 Å². The topological polar surface area (TPSA) is 56.1 Å². The Labute approximate surface area is 110 Å². The largest absolute Gasteiger partial charge is 0.350 e. The molecule has 0 fully saturated rings. The number of halogens is 1. The second-order valence-corrected chi connectivity index (χ2v) is 6.89. The molecule has 0 saturated carbocycles. The Balaban J connectivity index is 2.56. The van der Waals surface area contributed by atoms with Gasteiger partial charge in [-0.05, 0) is 12.1 Å². The number of rotatable bonds is 3. The summed E-state index contributed by atoms with van der Waals surface area (Å²) in [5, 5.41) is 1.29. The third-order valence-corrected chi connectivity index (χ3v) is 3.67. The van der Waals surface area contributed by atoms with Crippen molar-refractivity contribution in [3.8, 4) is 0 Å². The van der Waals surface area contributed by atoms with Crippen molar-refractivity contribution in [2.24, 2.45) is 7.05 Å². The SMILES string of the molecule is Cn1cc(C(=O)CS(C)(=O)=O)c2ccc(Cl)cc21. The molecule has 2 aromatic rings. The van der Waals surface area contributed by atoms with Gasteiger partial charge in [0.1, 0.15) is 5.75 Å². The van der Waals surface area contributed by atoms with Crippen LogP contribution in [-0.4, -0.2) is 30.8 Å². The fourth-order valence-electron chi connectivity index (χ4n) is 1.90. The molecular weight excluding hydrogens is 274 g/mol. The number of fused-ring (bicyclic) bond motifs is 1. The monoisotopic (exact) mass is 285 g/mol. The highest BCUT2D eigenvalue weighted by Gasteiger charge is 2.18. The highest BCUT2D eigenvalue weighted by molar-refractivity contribution is 7.91. The number of aryl methyl sites for hydroxylation is 1. The number of carbonyl (C=O) groups is 1. The Hall–Kier alpha value is -1.33. The predicted octanol–water partition coefficient (Wildman–Crippen LogP) is 2.06. The van der Waals surface area contributed by atoms with Gasteiger partial charge in [0.25, 0.3) is 0 Å². The van der Waals surface area contributed by atoms with Gasteiger partial charge in [0, 0.05) is 41.0 Å². The summed E-state index contributed by atoms with van der Waals surface area (Å²) >= 11 is 5.89. The van der Waals surface area contributed by atoms with Crippen LogP contribution in [-0.2, 0) is 16.9 Å². The molecule has 0 saturated heterocycles. The van der Waals surface area contributed by atoms with E-state index in [0.29, 0.717) is 10.6 Å². The van der Waals surface area contributed by atoms with Crippen molar-refractivity contribution in [1.82, 2.24) is 4.57 Å². The summed E-state index contributed by atoms with van der Waals surface area (Å²) in [5.74, 6) is -0.875. The molecule has 0 spiro atoms. The van der Waals surface area contributed by atoms with Crippen LogP contribution in [0.1, 0.15) is 10.4 Å². The Bertz CT molecular complexity index is 731. The van der Waals surface area contributed by atoms with Gasteiger partial charge in [0.2, 0.25) is 0 Å². The maximum atomic E-state index is 11.9. The van der Waals surface area contributed by atoms with Crippen LogP contribution in [0.25, 0.3) is 10.9 Å². The molecule has 0 aliphatic rings. The third kappa shape index (κ3) is 2.57. The normalized spacial score (nSPS) is 11.9. The number of sulfone groups is 1. The molecule has 1 aromatic heterocycles. The van der Waals surface area contributed by atoms with E-state index in [1.807, 2.05) is 0 Å². The molecule has 0 aliphatic carbocycles. The van der Waals surface area contributed by atoms with Crippen molar-refractivity contribution in [2.75, 3.05) is 12.0 Å². The minimum Gasteiger partial charge on any atom is -0.350 e. The minimum absolute atomic E-state index is 0.398. The number of Topliss-reactive ketones (excluding diaryl/α,β-unsaturated/α-hetero) is 1. The highest BCUT2D eigenvalue weighted by Crippen LogP contribution is 2.24. The Morgan fingerprint density at radius 3 is 2.67 bits per heavy atom. The number of carbonyl (C=O) groups excluding carboxylic acids is 1. The quantitative estimate of drug-likeness (QED) is 0.811. The molecule has 6 heteroatoms. The van der Waals surface area contributed by atoms with E-state index >= 15 is 0 Å². The molecule has 0 atom stereocenters. The van der Waals surface area contributed by atoms with E-state index in [4.69, 9.17) is 11.6 Å². The fraction of sp³-hybridized carbons (Fsp3) is 0.250. The zero-order valence-electron chi connectivity index (χ0n) is 9.97. The first kappa shape index (κ1) is 13.1. The van der Waals surface area contributed by atoms with Crippen LogP contribution >= 0.6 is 11.6 Å². The molecule has 1 aromatic carbocycles. The van der Waals surface area contributed by atoms with E-state index < -0.39 is 21.4 Å². The maximum Gasteiger partial charge on any atom is 0.180 e. The molecule has 0 N–H and O–H groups in total. The van der Waals surface area contributed by atoms with Gasteiger partial charge in [-0.1, -0.05) is 17.7 Å². The lowest BCUT2D eigenvalue weighted by molar-refractivity contribution is 0.102. The molecule has 96 valence electrons. The lowest BCUT2D eigenvalue weighted by Gasteiger charge is -1.98. The van der Waals surface area contributed by atoms with Gasteiger partial charge in [-0.2, -0.15) is 0 Å². The van der Waals surface area contributed by atoms with E-state index in [2.05, 4.69) is 0 Å². The number of ketones is 1. The molecule has 0 unspecified atom stereocenters. The average molecular weight is 286 g/mol. The molecule has 0 radical (unpaired) electrons. The van der Waals surface area contributed by atoms with Gasteiger partial charge in [0.15, 0.2) is 15.6 Å². The summed E-state index contributed by atoms with van der Waals surface area (Å²) in [6, 6.07) is 5.16. The van der Waals surface area contributed by atoms with Gasteiger partial charge in [-0.3, -0.25) is 4.79 Å². The van der Waals surface area contributed by atoms with Crippen molar-refractivity contribution in [1.29, 1.82) is 0 Å². The maximum absolute atomic E-state index is 11.9. The summed E-state index contributed by atoms with van der Waals surface area (Å²) in [6.07, 6.45) is 2.68. The highest BCUT2D eigenvalue weighted by atomic mass is 35.5.